The molecule has 0 unspecified atom stereocenters. The molecule has 0 radical (unpaired) electrons. The first kappa shape index (κ1) is 12.5. The summed E-state index contributed by atoms with van der Waals surface area (Å²) in [6.45, 7) is 6.19. The summed E-state index contributed by atoms with van der Waals surface area (Å²) in [5, 5.41) is 3.50. The number of rotatable bonds is 5. The first-order valence-electron chi connectivity index (χ1n) is 5.24. The summed E-state index contributed by atoms with van der Waals surface area (Å²) >= 11 is 5.59. The third kappa shape index (κ3) is 4.63. The number of nitrogens with one attached hydrogen (secondary N) is 1. The summed E-state index contributed by atoms with van der Waals surface area (Å²) in [5.74, 6) is 0.310. The lowest BCUT2D eigenvalue weighted by Gasteiger charge is -2.07. The van der Waals surface area contributed by atoms with Gasteiger partial charge in [0.2, 0.25) is 0 Å². The second kappa shape index (κ2) is 6.09. The highest BCUT2D eigenvalue weighted by atomic mass is 35.5. The van der Waals surface area contributed by atoms with E-state index in [2.05, 4.69) is 19.2 Å². The third-order valence-corrected chi connectivity index (χ3v) is 2.43. The first-order valence-corrected chi connectivity index (χ1v) is 5.62. The van der Waals surface area contributed by atoms with Crippen LogP contribution in [-0.2, 0) is 6.42 Å². The van der Waals surface area contributed by atoms with Crippen LogP contribution in [0.4, 0.5) is 4.39 Å². The molecule has 3 heteroatoms. The summed E-state index contributed by atoms with van der Waals surface area (Å²) in [4.78, 5) is 0. The fraction of sp³-hybridized carbons (Fsp3) is 0.500. The van der Waals surface area contributed by atoms with Crippen LogP contribution in [0.1, 0.15) is 19.4 Å². The van der Waals surface area contributed by atoms with Gasteiger partial charge in [0.15, 0.2) is 0 Å². The van der Waals surface area contributed by atoms with E-state index in [4.69, 9.17) is 11.6 Å². The lowest BCUT2D eigenvalue weighted by Crippen LogP contribution is -2.22. The molecule has 0 heterocycles. The van der Waals surface area contributed by atoms with E-state index < -0.39 is 0 Å². The minimum absolute atomic E-state index is 0.189. The Morgan fingerprint density at radius 3 is 2.73 bits per heavy atom. The summed E-state index contributed by atoms with van der Waals surface area (Å²) in [6.07, 6.45) is 0.834. The first-order chi connectivity index (χ1) is 7.09. The topological polar surface area (TPSA) is 12.0 Å². The molecule has 1 aromatic carbocycles. The van der Waals surface area contributed by atoms with Crippen molar-refractivity contribution in [1.29, 1.82) is 0 Å². The SMILES string of the molecule is CC(C)CNCCc1ccc(Cl)c(F)c1. The van der Waals surface area contributed by atoms with Gasteiger partial charge in [0.05, 0.1) is 5.02 Å². The van der Waals surface area contributed by atoms with Crippen LogP contribution < -0.4 is 5.32 Å². The van der Waals surface area contributed by atoms with Crippen molar-refractivity contribution in [3.8, 4) is 0 Å². The summed E-state index contributed by atoms with van der Waals surface area (Å²) in [6, 6.07) is 4.97. The van der Waals surface area contributed by atoms with Gasteiger partial charge >= 0.3 is 0 Å². The lowest BCUT2D eigenvalue weighted by molar-refractivity contribution is 0.553. The molecule has 0 saturated carbocycles. The van der Waals surface area contributed by atoms with E-state index >= 15 is 0 Å². The maximum atomic E-state index is 13.1. The van der Waals surface area contributed by atoms with Gasteiger partial charge in [-0.15, -0.1) is 0 Å². The minimum atomic E-state index is -0.335. The molecule has 0 aliphatic carbocycles. The van der Waals surface area contributed by atoms with Crippen molar-refractivity contribution in [2.75, 3.05) is 13.1 Å². The lowest BCUT2D eigenvalue weighted by atomic mass is 10.1. The maximum Gasteiger partial charge on any atom is 0.142 e. The largest absolute Gasteiger partial charge is 0.316 e. The predicted molar refractivity (Wildman–Crippen MR) is 62.8 cm³/mol. The monoisotopic (exact) mass is 229 g/mol. The highest BCUT2D eigenvalue weighted by Gasteiger charge is 2.00. The average Bonchev–Trinajstić information content (AvgIpc) is 2.18. The normalized spacial score (nSPS) is 11.0. The van der Waals surface area contributed by atoms with Crippen molar-refractivity contribution in [3.63, 3.8) is 0 Å². The number of hydrogen-bond donors (Lipinski definition) is 1. The van der Waals surface area contributed by atoms with Crippen molar-refractivity contribution < 1.29 is 4.39 Å². The van der Waals surface area contributed by atoms with Crippen molar-refractivity contribution >= 4 is 11.6 Å². The van der Waals surface area contributed by atoms with Crippen LogP contribution in [-0.4, -0.2) is 13.1 Å². The van der Waals surface area contributed by atoms with Crippen LogP contribution in [0.5, 0.6) is 0 Å². The second-order valence-electron chi connectivity index (χ2n) is 4.10. The van der Waals surface area contributed by atoms with E-state index in [1.165, 1.54) is 6.07 Å². The standard InChI is InChI=1S/C12H17ClFN/c1-9(2)8-15-6-5-10-3-4-11(13)12(14)7-10/h3-4,7,9,15H,5-6,8H2,1-2H3. The predicted octanol–water partition coefficient (Wildman–Crippen LogP) is 3.27. The van der Waals surface area contributed by atoms with Crippen molar-refractivity contribution in [1.82, 2.24) is 5.32 Å². The second-order valence-corrected chi connectivity index (χ2v) is 4.50. The number of halogens is 2. The van der Waals surface area contributed by atoms with E-state index in [9.17, 15) is 4.39 Å². The molecule has 0 spiro atoms. The Kier molecular flexibility index (Phi) is 5.06. The maximum absolute atomic E-state index is 13.1. The molecule has 0 saturated heterocycles. The molecule has 1 N–H and O–H groups in total. The van der Waals surface area contributed by atoms with Gasteiger partial charge < -0.3 is 5.32 Å². The van der Waals surface area contributed by atoms with Crippen LogP contribution in [0.2, 0.25) is 5.02 Å². The van der Waals surface area contributed by atoms with Gasteiger partial charge in [-0.1, -0.05) is 31.5 Å². The summed E-state index contributed by atoms with van der Waals surface area (Å²) in [5.41, 5.74) is 0.980. The van der Waals surface area contributed by atoms with Crippen LogP contribution in [0.3, 0.4) is 0 Å². The highest BCUT2D eigenvalue weighted by molar-refractivity contribution is 6.30. The minimum Gasteiger partial charge on any atom is -0.316 e. The van der Waals surface area contributed by atoms with Crippen LogP contribution in [0.25, 0.3) is 0 Å². The van der Waals surface area contributed by atoms with E-state index in [1.54, 1.807) is 6.07 Å². The van der Waals surface area contributed by atoms with E-state index in [1.807, 2.05) is 6.07 Å². The third-order valence-electron chi connectivity index (χ3n) is 2.13. The zero-order chi connectivity index (χ0) is 11.3. The smallest absolute Gasteiger partial charge is 0.142 e. The molecule has 0 aromatic heterocycles. The fourth-order valence-corrected chi connectivity index (χ4v) is 1.44. The molecule has 1 aromatic rings. The molecule has 0 aliphatic rings. The van der Waals surface area contributed by atoms with Crippen LogP contribution in [0.15, 0.2) is 18.2 Å². The van der Waals surface area contributed by atoms with Crippen molar-refractivity contribution in [2.24, 2.45) is 5.92 Å². The van der Waals surface area contributed by atoms with Gasteiger partial charge in [-0.25, -0.2) is 4.39 Å². The molecule has 15 heavy (non-hydrogen) atoms. The fourth-order valence-electron chi connectivity index (χ4n) is 1.32. The quantitative estimate of drug-likeness (QED) is 0.765. The van der Waals surface area contributed by atoms with Gasteiger partial charge in [-0.3, -0.25) is 0 Å². The Morgan fingerprint density at radius 1 is 1.40 bits per heavy atom. The molecule has 0 bridgehead atoms. The van der Waals surface area contributed by atoms with Gasteiger partial charge in [0, 0.05) is 0 Å². The molecule has 1 nitrogen and oxygen atoms in total. The van der Waals surface area contributed by atoms with E-state index in [0.29, 0.717) is 5.92 Å². The zero-order valence-corrected chi connectivity index (χ0v) is 9.94. The van der Waals surface area contributed by atoms with Crippen LogP contribution >= 0.6 is 11.6 Å². The molecular formula is C12H17ClFN. The Labute approximate surface area is 95.6 Å². The van der Waals surface area contributed by atoms with Gasteiger partial charge in [-0.2, -0.15) is 0 Å². The van der Waals surface area contributed by atoms with E-state index in [0.717, 1.165) is 25.1 Å². The Balaban J connectivity index is 2.35. The molecule has 0 amide bonds. The molecule has 0 fully saturated rings. The molecular weight excluding hydrogens is 213 g/mol. The van der Waals surface area contributed by atoms with Crippen molar-refractivity contribution in [2.45, 2.75) is 20.3 Å². The molecule has 1 rings (SSSR count). The molecule has 84 valence electrons. The van der Waals surface area contributed by atoms with Crippen molar-refractivity contribution in [3.05, 3.63) is 34.6 Å². The summed E-state index contributed by atoms with van der Waals surface area (Å²) < 4.78 is 13.1. The number of benzene rings is 1. The Hall–Kier alpha value is -0.600. The van der Waals surface area contributed by atoms with Gasteiger partial charge in [0.25, 0.3) is 0 Å². The van der Waals surface area contributed by atoms with Gasteiger partial charge in [0.1, 0.15) is 5.82 Å². The Bertz CT molecular complexity index is 312. The highest BCUT2D eigenvalue weighted by Crippen LogP contribution is 2.15. The number of hydrogen-bond acceptors (Lipinski definition) is 1. The summed E-state index contributed by atoms with van der Waals surface area (Å²) in [7, 11) is 0. The molecule has 0 atom stereocenters. The Morgan fingerprint density at radius 2 is 2.13 bits per heavy atom. The van der Waals surface area contributed by atoms with Gasteiger partial charge in [-0.05, 0) is 43.1 Å². The molecule has 0 aliphatic heterocycles. The van der Waals surface area contributed by atoms with Crippen LogP contribution in [0, 0.1) is 11.7 Å². The average molecular weight is 230 g/mol. The van der Waals surface area contributed by atoms with E-state index in [-0.39, 0.29) is 10.8 Å². The zero-order valence-electron chi connectivity index (χ0n) is 9.19.